The Balaban J connectivity index is 1.78. The normalized spacial score (nSPS) is 31.0. The van der Waals surface area contributed by atoms with Gasteiger partial charge in [-0.3, -0.25) is 9.58 Å². The molecular formula is C15H24ClN3O2. The Labute approximate surface area is 130 Å². The van der Waals surface area contributed by atoms with E-state index < -0.39 is 0 Å². The van der Waals surface area contributed by atoms with E-state index in [1.54, 1.807) is 4.68 Å². The SMILES string of the molecule is Cc1nn(C)c(Cl)c1CN1CCOCC1C1CCCC1O. The van der Waals surface area contributed by atoms with Crippen LogP contribution in [0.1, 0.15) is 30.5 Å². The smallest absolute Gasteiger partial charge is 0.131 e. The second kappa shape index (κ2) is 6.24. The highest BCUT2D eigenvalue weighted by molar-refractivity contribution is 6.30. The van der Waals surface area contributed by atoms with Gasteiger partial charge in [-0.15, -0.1) is 0 Å². The number of hydrogen-bond donors (Lipinski definition) is 1. The molecule has 0 spiro atoms. The van der Waals surface area contributed by atoms with Gasteiger partial charge < -0.3 is 9.84 Å². The molecule has 1 aliphatic heterocycles. The fourth-order valence-electron chi connectivity index (χ4n) is 3.72. The van der Waals surface area contributed by atoms with Crippen molar-refractivity contribution < 1.29 is 9.84 Å². The first-order chi connectivity index (χ1) is 10.1. The third-order valence-corrected chi connectivity index (χ3v) is 5.41. The van der Waals surface area contributed by atoms with Gasteiger partial charge >= 0.3 is 0 Å². The fourth-order valence-corrected chi connectivity index (χ4v) is 3.96. The molecule has 6 heteroatoms. The summed E-state index contributed by atoms with van der Waals surface area (Å²) in [7, 11) is 1.87. The average molecular weight is 314 g/mol. The van der Waals surface area contributed by atoms with Gasteiger partial charge in [-0.05, 0) is 19.8 Å². The standard InChI is InChI=1S/C15H24ClN3O2/c1-10-12(15(16)18(2)17-10)8-19-6-7-21-9-13(19)11-4-3-5-14(11)20/h11,13-14,20H,3-9H2,1-2H3. The number of aromatic nitrogens is 2. The molecule has 21 heavy (non-hydrogen) atoms. The number of morpholine rings is 1. The van der Waals surface area contributed by atoms with Gasteiger partial charge in [-0.1, -0.05) is 18.0 Å². The molecule has 3 rings (SSSR count). The summed E-state index contributed by atoms with van der Waals surface area (Å²) >= 11 is 6.36. The van der Waals surface area contributed by atoms with Crippen molar-refractivity contribution in [3.63, 3.8) is 0 Å². The number of rotatable bonds is 3. The summed E-state index contributed by atoms with van der Waals surface area (Å²) in [4.78, 5) is 2.42. The zero-order chi connectivity index (χ0) is 15.0. The summed E-state index contributed by atoms with van der Waals surface area (Å²) in [6.07, 6.45) is 2.93. The lowest BCUT2D eigenvalue weighted by molar-refractivity contribution is -0.0537. The van der Waals surface area contributed by atoms with Crippen molar-refractivity contribution in [2.75, 3.05) is 19.8 Å². The van der Waals surface area contributed by atoms with E-state index in [1.165, 1.54) is 0 Å². The first-order valence-electron chi connectivity index (χ1n) is 7.75. The zero-order valence-corrected chi connectivity index (χ0v) is 13.5. The summed E-state index contributed by atoms with van der Waals surface area (Å²) < 4.78 is 7.40. The van der Waals surface area contributed by atoms with E-state index >= 15 is 0 Å². The largest absolute Gasteiger partial charge is 0.393 e. The van der Waals surface area contributed by atoms with Crippen LogP contribution >= 0.6 is 11.6 Å². The Morgan fingerprint density at radius 3 is 2.86 bits per heavy atom. The number of nitrogens with zero attached hydrogens (tertiary/aromatic N) is 3. The highest BCUT2D eigenvalue weighted by Gasteiger charge is 2.38. The number of aryl methyl sites for hydroxylation is 2. The molecule has 1 N–H and O–H groups in total. The van der Waals surface area contributed by atoms with Gasteiger partial charge in [-0.2, -0.15) is 5.10 Å². The maximum Gasteiger partial charge on any atom is 0.131 e. The molecule has 0 aromatic carbocycles. The summed E-state index contributed by atoms with van der Waals surface area (Å²) in [5.74, 6) is 0.320. The van der Waals surface area contributed by atoms with Crippen LogP contribution in [0.5, 0.6) is 0 Å². The molecule has 118 valence electrons. The highest BCUT2D eigenvalue weighted by atomic mass is 35.5. The average Bonchev–Trinajstić information content (AvgIpc) is 2.99. The Bertz CT molecular complexity index is 505. The summed E-state index contributed by atoms with van der Waals surface area (Å²) in [6, 6.07) is 0.284. The van der Waals surface area contributed by atoms with Crippen LogP contribution in [0, 0.1) is 12.8 Å². The number of aliphatic hydroxyl groups is 1. The molecular weight excluding hydrogens is 290 g/mol. The monoisotopic (exact) mass is 313 g/mol. The Morgan fingerprint density at radius 1 is 1.43 bits per heavy atom. The first kappa shape index (κ1) is 15.3. The molecule has 0 bridgehead atoms. The van der Waals surface area contributed by atoms with Crippen molar-refractivity contribution in [1.29, 1.82) is 0 Å². The molecule has 2 aliphatic rings. The van der Waals surface area contributed by atoms with Gasteiger partial charge in [0.25, 0.3) is 0 Å². The molecule has 1 aromatic rings. The highest BCUT2D eigenvalue weighted by Crippen LogP contribution is 2.33. The van der Waals surface area contributed by atoms with Gasteiger partial charge in [0.2, 0.25) is 0 Å². The van der Waals surface area contributed by atoms with E-state index in [2.05, 4.69) is 10.00 Å². The summed E-state index contributed by atoms with van der Waals surface area (Å²) in [6.45, 7) is 5.13. The topological polar surface area (TPSA) is 50.5 Å². The van der Waals surface area contributed by atoms with Gasteiger partial charge in [-0.25, -0.2) is 0 Å². The van der Waals surface area contributed by atoms with Crippen molar-refractivity contribution in [2.45, 2.75) is 44.9 Å². The van der Waals surface area contributed by atoms with Crippen molar-refractivity contribution >= 4 is 11.6 Å². The zero-order valence-electron chi connectivity index (χ0n) is 12.8. The molecule has 2 heterocycles. The second-order valence-electron chi connectivity index (χ2n) is 6.25. The lowest BCUT2D eigenvalue weighted by Crippen LogP contribution is -2.50. The quantitative estimate of drug-likeness (QED) is 0.923. The lowest BCUT2D eigenvalue weighted by Gasteiger charge is -2.40. The van der Waals surface area contributed by atoms with Crippen LogP contribution in [0.3, 0.4) is 0 Å². The Kier molecular flexibility index (Phi) is 4.54. The number of halogens is 1. The van der Waals surface area contributed by atoms with E-state index in [1.807, 2.05) is 14.0 Å². The molecule has 1 saturated carbocycles. The molecule has 1 aromatic heterocycles. The van der Waals surface area contributed by atoms with Crippen LogP contribution < -0.4 is 0 Å². The van der Waals surface area contributed by atoms with Gasteiger partial charge in [0.05, 0.1) is 25.0 Å². The first-order valence-corrected chi connectivity index (χ1v) is 8.13. The molecule has 1 saturated heterocycles. The third kappa shape index (κ3) is 2.97. The Morgan fingerprint density at radius 2 is 2.24 bits per heavy atom. The number of aliphatic hydroxyl groups excluding tert-OH is 1. The number of ether oxygens (including phenoxy) is 1. The van der Waals surface area contributed by atoms with Gasteiger partial charge in [0.15, 0.2) is 0 Å². The fraction of sp³-hybridized carbons (Fsp3) is 0.800. The van der Waals surface area contributed by atoms with Crippen LogP contribution in [0.25, 0.3) is 0 Å². The molecule has 3 atom stereocenters. The number of hydrogen-bond acceptors (Lipinski definition) is 4. The van der Waals surface area contributed by atoms with Gasteiger partial charge in [0, 0.05) is 37.7 Å². The maximum atomic E-state index is 10.2. The minimum Gasteiger partial charge on any atom is -0.393 e. The van der Waals surface area contributed by atoms with Crippen LogP contribution in [0.4, 0.5) is 0 Å². The summed E-state index contributed by atoms with van der Waals surface area (Å²) in [5, 5.41) is 15.3. The second-order valence-corrected chi connectivity index (χ2v) is 6.61. The van der Waals surface area contributed by atoms with Crippen molar-refractivity contribution in [3.05, 3.63) is 16.4 Å². The summed E-state index contributed by atoms with van der Waals surface area (Å²) in [5.41, 5.74) is 2.08. The van der Waals surface area contributed by atoms with E-state index in [9.17, 15) is 5.11 Å². The van der Waals surface area contributed by atoms with Crippen LogP contribution in [0.15, 0.2) is 0 Å². The molecule has 5 nitrogen and oxygen atoms in total. The van der Waals surface area contributed by atoms with Crippen molar-refractivity contribution in [2.24, 2.45) is 13.0 Å². The predicted molar refractivity (Wildman–Crippen MR) is 81.3 cm³/mol. The van der Waals surface area contributed by atoms with Crippen LogP contribution in [-0.4, -0.2) is 51.7 Å². The molecule has 0 radical (unpaired) electrons. The molecule has 0 amide bonds. The minimum atomic E-state index is -0.190. The Hall–Kier alpha value is -0.620. The molecule has 3 unspecified atom stereocenters. The van der Waals surface area contributed by atoms with Crippen LogP contribution in [-0.2, 0) is 18.3 Å². The van der Waals surface area contributed by atoms with Gasteiger partial charge in [0.1, 0.15) is 5.15 Å². The van der Waals surface area contributed by atoms with E-state index in [4.69, 9.17) is 16.3 Å². The van der Waals surface area contributed by atoms with E-state index in [0.717, 1.165) is 50.2 Å². The third-order valence-electron chi connectivity index (χ3n) is 4.94. The predicted octanol–water partition coefficient (Wildman–Crippen LogP) is 1.74. The van der Waals surface area contributed by atoms with Crippen molar-refractivity contribution in [1.82, 2.24) is 14.7 Å². The van der Waals surface area contributed by atoms with E-state index in [-0.39, 0.29) is 12.1 Å². The van der Waals surface area contributed by atoms with E-state index in [0.29, 0.717) is 17.7 Å². The molecule has 2 fully saturated rings. The molecule has 1 aliphatic carbocycles. The lowest BCUT2D eigenvalue weighted by atomic mass is 9.94. The maximum absolute atomic E-state index is 10.2. The van der Waals surface area contributed by atoms with Crippen molar-refractivity contribution in [3.8, 4) is 0 Å². The van der Waals surface area contributed by atoms with Crippen LogP contribution in [0.2, 0.25) is 5.15 Å². The minimum absolute atomic E-state index is 0.190.